The third-order valence-electron chi connectivity index (χ3n) is 5.95. The first kappa shape index (κ1) is 20.5. The number of carbonyl (C=O) groups is 1. The number of carbonyl (C=O) groups excluding carboxylic acids is 1. The Kier molecular flexibility index (Phi) is 5.30. The maximum absolute atomic E-state index is 13.6. The van der Waals surface area contributed by atoms with Gasteiger partial charge in [0.15, 0.2) is 9.84 Å². The van der Waals surface area contributed by atoms with E-state index in [0.29, 0.717) is 29.7 Å². The number of rotatable bonds is 7. The monoisotopic (exact) mass is 424 g/mol. The highest BCUT2D eigenvalue weighted by Gasteiger charge is 2.41. The Labute approximate surface area is 170 Å². The van der Waals surface area contributed by atoms with Crippen LogP contribution >= 0.6 is 0 Å². The summed E-state index contributed by atoms with van der Waals surface area (Å²) in [6.45, 7) is 1.88. The van der Waals surface area contributed by atoms with E-state index in [4.69, 9.17) is 4.74 Å². The highest BCUT2D eigenvalue weighted by Crippen LogP contribution is 2.47. The summed E-state index contributed by atoms with van der Waals surface area (Å²) < 4.78 is 58.1. The molecule has 3 saturated carbocycles. The van der Waals surface area contributed by atoms with Crippen molar-refractivity contribution in [2.75, 3.05) is 6.61 Å². The van der Waals surface area contributed by atoms with Crippen LogP contribution in [-0.4, -0.2) is 32.2 Å². The van der Waals surface area contributed by atoms with Gasteiger partial charge in [-0.3, -0.25) is 0 Å². The van der Waals surface area contributed by atoms with Gasteiger partial charge in [0, 0.05) is 12.8 Å². The molecule has 0 spiro atoms. The molecule has 1 aromatic carbocycles. The molecule has 1 aromatic rings. The summed E-state index contributed by atoms with van der Waals surface area (Å²) >= 11 is 0. The first-order valence-electron chi connectivity index (χ1n) is 10.4. The van der Waals surface area contributed by atoms with Crippen molar-refractivity contribution in [2.45, 2.75) is 73.9 Å². The van der Waals surface area contributed by atoms with Crippen LogP contribution in [0, 0.1) is 5.92 Å². The molecule has 0 radical (unpaired) electrons. The molecular weight excluding hydrogens is 398 g/mol. The van der Waals surface area contributed by atoms with Crippen molar-refractivity contribution >= 4 is 21.4 Å². The third kappa shape index (κ3) is 4.39. The highest BCUT2D eigenvalue weighted by atomic mass is 32.2. The van der Waals surface area contributed by atoms with Gasteiger partial charge in [-0.25, -0.2) is 22.0 Å². The second kappa shape index (κ2) is 7.49. The minimum Gasteiger partial charge on any atom is -0.462 e. The van der Waals surface area contributed by atoms with Gasteiger partial charge < -0.3 is 4.74 Å². The SMILES string of the molecule is CCOC(=O)/C(=C/[C@H]1CCC(F)(F)C1)c1ccc(S(=O)(=O)C2CC2)c(C2CC2)c1. The van der Waals surface area contributed by atoms with Crippen molar-refractivity contribution in [3.05, 3.63) is 35.4 Å². The molecule has 4 nitrogen and oxygen atoms in total. The number of allylic oxidation sites excluding steroid dienone is 1. The second-order valence-corrected chi connectivity index (χ2v) is 10.6. The van der Waals surface area contributed by atoms with Gasteiger partial charge in [-0.15, -0.1) is 0 Å². The van der Waals surface area contributed by atoms with Crippen molar-refractivity contribution < 1.29 is 26.7 Å². The molecule has 0 unspecified atom stereocenters. The largest absolute Gasteiger partial charge is 0.462 e. The first-order valence-corrected chi connectivity index (χ1v) is 11.9. The Balaban J connectivity index is 1.73. The molecular formula is C22H26F2O4S. The van der Waals surface area contributed by atoms with Crippen LogP contribution in [0.3, 0.4) is 0 Å². The normalized spacial score (nSPS) is 24.5. The Morgan fingerprint density at radius 2 is 1.93 bits per heavy atom. The zero-order valence-corrected chi connectivity index (χ0v) is 17.3. The van der Waals surface area contributed by atoms with E-state index in [0.717, 1.165) is 18.4 Å². The summed E-state index contributed by atoms with van der Waals surface area (Å²) in [6, 6.07) is 4.98. The molecule has 3 aliphatic carbocycles. The van der Waals surface area contributed by atoms with Crippen LogP contribution in [0.2, 0.25) is 0 Å². The summed E-state index contributed by atoms with van der Waals surface area (Å²) in [5.74, 6) is -3.48. The lowest BCUT2D eigenvalue weighted by molar-refractivity contribution is -0.136. The number of alkyl halides is 2. The summed E-state index contributed by atoms with van der Waals surface area (Å²) in [5, 5.41) is -0.299. The molecule has 29 heavy (non-hydrogen) atoms. The van der Waals surface area contributed by atoms with E-state index < -0.39 is 27.6 Å². The molecule has 0 aliphatic heterocycles. The van der Waals surface area contributed by atoms with Crippen molar-refractivity contribution in [3.8, 4) is 0 Å². The van der Waals surface area contributed by atoms with Gasteiger partial charge in [0.1, 0.15) is 0 Å². The lowest BCUT2D eigenvalue weighted by Gasteiger charge is -2.15. The fourth-order valence-electron chi connectivity index (χ4n) is 4.10. The molecule has 4 rings (SSSR count). The second-order valence-electron chi connectivity index (χ2n) is 8.43. The van der Waals surface area contributed by atoms with E-state index in [-0.39, 0.29) is 36.2 Å². The Hall–Kier alpha value is -1.76. The van der Waals surface area contributed by atoms with Crippen molar-refractivity contribution in [1.29, 1.82) is 0 Å². The van der Waals surface area contributed by atoms with E-state index in [9.17, 15) is 22.0 Å². The molecule has 0 saturated heterocycles. The van der Waals surface area contributed by atoms with Gasteiger partial charge in [-0.2, -0.15) is 0 Å². The van der Waals surface area contributed by atoms with Crippen LogP contribution in [-0.2, 0) is 19.4 Å². The number of hydrogen-bond donors (Lipinski definition) is 0. The number of benzene rings is 1. The van der Waals surface area contributed by atoms with Gasteiger partial charge in [-0.05, 0) is 74.1 Å². The van der Waals surface area contributed by atoms with E-state index in [2.05, 4.69) is 0 Å². The molecule has 0 heterocycles. The fraction of sp³-hybridized carbons (Fsp3) is 0.591. The van der Waals surface area contributed by atoms with Gasteiger partial charge >= 0.3 is 5.97 Å². The summed E-state index contributed by atoms with van der Waals surface area (Å²) in [5.41, 5.74) is 1.56. The quantitative estimate of drug-likeness (QED) is 0.462. The van der Waals surface area contributed by atoms with Crippen LogP contribution in [0.5, 0.6) is 0 Å². The molecule has 3 aliphatic rings. The number of esters is 1. The summed E-state index contributed by atoms with van der Waals surface area (Å²) in [7, 11) is -3.35. The first-order chi connectivity index (χ1) is 13.7. The minimum atomic E-state index is -3.35. The average molecular weight is 425 g/mol. The highest BCUT2D eigenvalue weighted by molar-refractivity contribution is 7.92. The molecule has 3 fully saturated rings. The number of sulfone groups is 1. The molecule has 1 atom stereocenters. The van der Waals surface area contributed by atoms with Gasteiger partial charge in [0.2, 0.25) is 5.92 Å². The number of hydrogen-bond acceptors (Lipinski definition) is 4. The number of halogens is 2. The minimum absolute atomic E-state index is 0.178. The maximum atomic E-state index is 13.6. The van der Waals surface area contributed by atoms with Gasteiger partial charge in [0.05, 0.1) is 22.3 Å². The lowest BCUT2D eigenvalue weighted by Crippen LogP contribution is -2.13. The van der Waals surface area contributed by atoms with Crippen LogP contribution in [0.15, 0.2) is 29.2 Å². The van der Waals surface area contributed by atoms with Crippen LogP contribution in [0.4, 0.5) is 8.78 Å². The summed E-state index contributed by atoms with van der Waals surface area (Å²) in [6.07, 6.45) is 4.68. The van der Waals surface area contributed by atoms with Gasteiger partial charge in [-0.1, -0.05) is 12.1 Å². The predicted molar refractivity (Wildman–Crippen MR) is 106 cm³/mol. The van der Waals surface area contributed by atoms with E-state index in [1.165, 1.54) is 0 Å². The van der Waals surface area contributed by atoms with Crippen LogP contribution in [0.1, 0.15) is 68.9 Å². The zero-order valence-electron chi connectivity index (χ0n) is 16.5. The van der Waals surface area contributed by atoms with Crippen LogP contribution < -0.4 is 0 Å². The topological polar surface area (TPSA) is 60.4 Å². The smallest absolute Gasteiger partial charge is 0.338 e. The molecule has 0 aromatic heterocycles. The predicted octanol–water partition coefficient (Wildman–Crippen LogP) is 4.88. The Morgan fingerprint density at radius 1 is 1.21 bits per heavy atom. The van der Waals surface area contributed by atoms with Crippen LogP contribution in [0.25, 0.3) is 5.57 Å². The Morgan fingerprint density at radius 3 is 2.48 bits per heavy atom. The molecule has 158 valence electrons. The van der Waals surface area contributed by atoms with Gasteiger partial charge in [0.25, 0.3) is 0 Å². The van der Waals surface area contributed by atoms with E-state index >= 15 is 0 Å². The average Bonchev–Trinajstić information content (AvgIpc) is 3.55. The molecule has 0 bridgehead atoms. The standard InChI is InChI=1S/C22H26F2O4S/c1-2-28-21(25)19(11-14-9-10-22(23,24)13-14)16-5-8-20(18(12-16)15-3-4-15)29(26,27)17-6-7-17/h5,8,11-12,14-15,17H,2-4,6-7,9-10,13H2,1H3/b19-11+/t14-/m1/s1. The van der Waals surface area contributed by atoms with Crippen molar-refractivity contribution in [2.24, 2.45) is 5.92 Å². The molecule has 0 amide bonds. The molecule has 7 heteroatoms. The Bertz CT molecular complexity index is 944. The summed E-state index contributed by atoms with van der Waals surface area (Å²) in [4.78, 5) is 13.0. The third-order valence-corrected chi connectivity index (χ3v) is 8.28. The fourth-order valence-corrected chi connectivity index (χ4v) is 6.03. The van der Waals surface area contributed by atoms with E-state index in [1.54, 1.807) is 31.2 Å². The maximum Gasteiger partial charge on any atom is 0.338 e. The van der Waals surface area contributed by atoms with Crippen molar-refractivity contribution in [3.63, 3.8) is 0 Å². The zero-order chi connectivity index (χ0) is 20.8. The molecule has 0 N–H and O–H groups in total. The van der Waals surface area contributed by atoms with Crippen molar-refractivity contribution in [1.82, 2.24) is 0 Å². The lowest BCUT2D eigenvalue weighted by atomic mass is 9.96. The number of ether oxygens (including phenoxy) is 1. The van der Waals surface area contributed by atoms with E-state index in [1.807, 2.05) is 0 Å².